The molecule has 1 N–H and O–H groups in total. The number of Topliss-reactive ketones (excluding diaryl/α,β-unsaturated/α-hetero) is 1. The second kappa shape index (κ2) is 9.02. The number of halogens is 1. The minimum atomic E-state index is -0.0113. The number of hydrogen-bond donors (Lipinski definition) is 1. The predicted octanol–water partition coefficient (Wildman–Crippen LogP) is 3.69. The van der Waals surface area contributed by atoms with Crippen LogP contribution in [0.25, 0.3) is 0 Å². The summed E-state index contributed by atoms with van der Waals surface area (Å²) in [5, 5.41) is 3.64. The Labute approximate surface area is 164 Å². The normalized spacial score (nSPS) is 14.8. The van der Waals surface area contributed by atoms with Gasteiger partial charge in [0.25, 0.3) is 0 Å². The largest absolute Gasteiger partial charge is 0.369 e. The van der Waals surface area contributed by atoms with Crippen molar-refractivity contribution >= 4 is 34.7 Å². The van der Waals surface area contributed by atoms with Crippen molar-refractivity contribution in [2.45, 2.75) is 13.3 Å². The van der Waals surface area contributed by atoms with Crippen molar-refractivity contribution < 1.29 is 9.59 Å². The topological polar surface area (TPSA) is 52.7 Å². The van der Waals surface area contributed by atoms with E-state index in [2.05, 4.69) is 21.2 Å². The molecule has 1 saturated heterocycles. The van der Waals surface area contributed by atoms with Crippen LogP contribution >= 0.6 is 11.6 Å². The van der Waals surface area contributed by atoms with E-state index < -0.39 is 0 Å². The Kier molecular flexibility index (Phi) is 6.48. The summed E-state index contributed by atoms with van der Waals surface area (Å²) in [6.45, 7) is 5.96. The number of piperazine rings is 1. The molecular weight excluding hydrogens is 362 g/mol. The van der Waals surface area contributed by atoms with E-state index in [0.717, 1.165) is 49.1 Å². The zero-order valence-corrected chi connectivity index (χ0v) is 16.2. The molecule has 0 radical (unpaired) electrons. The van der Waals surface area contributed by atoms with Crippen LogP contribution < -0.4 is 10.2 Å². The summed E-state index contributed by atoms with van der Waals surface area (Å²) in [5.41, 5.74) is 2.51. The standard InChI is InChI=1S/C21H24ClN3O2/c1-16(26)17-5-7-19(8-6-17)23-21(27)9-10-24-11-13-25(14-12-24)20-4-2-3-18(22)15-20/h2-8,15H,9-14H2,1H3,(H,23,27). The number of anilines is 2. The second-order valence-electron chi connectivity index (χ2n) is 6.74. The van der Waals surface area contributed by atoms with Gasteiger partial charge in [-0.3, -0.25) is 14.5 Å². The van der Waals surface area contributed by atoms with Gasteiger partial charge < -0.3 is 10.2 Å². The van der Waals surface area contributed by atoms with Gasteiger partial charge >= 0.3 is 0 Å². The third-order valence-corrected chi connectivity index (χ3v) is 5.01. The molecule has 1 aliphatic rings. The number of ketones is 1. The number of nitrogens with one attached hydrogen (secondary N) is 1. The Balaban J connectivity index is 1.41. The van der Waals surface area contributed by atoms with Gasteiger partial charge in [0.15, 0.2) is 5.78 Å². The minimum absolute atomic E-state index is 0.0113. The second-order valence-corrected chi connectivity index (χ2v) is 7.18. The quantitative estimate of drug-likeness (QED) is 0.770. The van der Waals surface area contributed by atoms with Crippen molar-refractivity contribution in [3.8, 4) is 0 Å². The molecule has 5 nitrogen and oxygen atoms in total. The summed E-state index contributed by atoms with van der Waals surface area (Å²) >= 11 is 6.07. The molecule has 3 rings (SSSR count). The van der Waals surface area contributed by atoms with Crippen molar-refractivity contribution in [3.05, 3.63) is 59.1 Å². The van der Waals surface area contributed by atoms with E-state index in [-0.39, 0.29) is 11.7 Å². The maximum Gasteiger partial charge on any atom is 0.225 e. The molecule has 6 heteroatoms. The summed E-state index contributed by atoms with van der Waals surface area (Å²) in [5.74, 6) is 0.00707. The molecule has 0 aliphatic carbocycles. The lowest BCUT2D eigenvalue weighted by molar-refractivity contribution is -0.116. The first kappa shape index (κ1) is 19.4. The van der Waals surface area contributed by atoms with Gasteiger partial charge in [0.2, 0.25) is 5.91 Å². The summed E-state index contributed by atoms with van der Waals surface area (Å²) < 4.78 is 0. The number of carbonyl (C=O) groups excluding carboxylic acids is 2. The highest BCUT2D eigenvalue weighted by Gasteiger charge is 2.18. The molecule has 1 amide bonds. The SMILES string of the molecule is CC(=O)c1ccc(NC(=O)CCN2CCN(c3cccc(Cl)c3)CC2)cc1. The first-order chi connectivity index (χ1) is 13.0. The molecular formula is C21H24ClN3O2. The number of benzene rings is 2. The van der Waals surface area contributed by atoms with E-state index >= 15 is 0 Å². The van der Waals surface area contributed by atoms with Gasteiger partial charge in [-0.2, -0.15) is 0 Å². The lowest BCUT2D eigenvalue weighted by Crippen LogP contribution is -2.47. The Morgan fingerprint density at radius 1 is 1.04 bits per heavy atom. The Morgan fingerprint density at radius 3 is 2.37 bits per heavy atom. The molecule has 1 heterocycles. The van der Waals surface area contributed by atoms with Crippen LogP contribution in [0, 0.1) is 0 Å². The highest BCUT2D eigenvalue weighted by atomic mass is 35.5. The molecule has 0 atom stereocenters. The van der Waals surface area contributed by atoms with E-state index in [0.29, 0.717) is 12.0 Å². The van der Waals surface area contributed by atoms with Gasteiger partial charge in [0, 0.05) is 61.1 Å². The average molecular weight is 386 g/mol. The number of nitrogens with zero attached hydrogens (tertiary/aromatic N) is 2. The van der Waals surface area contributed by atoms with Gasteiger partial charge in [-0.1, -0.05) is 17.7 Å². The number of rotatable bonds is 6. The van der Waals surface area contributed by atoms with E-state index in [9.17, 15) is 9.59 Å². The van der Waals surface area contributed by atoms with Crippen LogP contribution in [0.2, 0.25) is 5.02 Å². The molecule has 0 bridgehead atoms. The zero-order valence-electron chi connectivity index (χ0n) is 15.5. The predicted molar refractivity (Wildman–Crippen MR) is 110 cm³/mol. The van der Waals surface area contributed by atoms with Crippen molar-refractivity contribution in [1.82, 2.24) is 4.90 Å². The van der Waals surface area contributed by atoms with E-state index in [1.807, 2.05) is 18.2 Å². The molecule has 2 aromatic carbocycles. The van der Waals surface area contributed by atoms with E-state index in [4.69, 9.17) is 11.6 Å². The molecule has 142 valence electrons. The van der Waals surface area contributed by atoms with E-state index in [1.165, 1.54) is 6.92 Å². The molecule has 0 aromatic heterocycles. The smallest absolute Gasteiger partial charge is 0.225 e. The van der Waals surface area contributed by atoms with Gasteiger partial charge in [0.05, 0.1) is 0 Å². The molecule has 0 spiro atoms. The molecule has 2 aromatic rings. The number of amides is 1. The molecule has 0 saturated carbocycles. The lowest BCUT2D eigenvalue weighted by atomic mass is 10.1. The number of carbonyl (C=O) groups is 2. The van der Waals surface area contributed by atoms with Crippen LogP contribution in [0.3, 0.4) is 0 Å². The van der Waals surface area contributed by atoms with Crippen LogP contribution in [0.4, 0.5) is 11.4 Å². The van der Waals surface area contributed by atoms with Crippen molar-refractivity contribution in [3.63, 3.8) is 0 Å². The molecule has 1 aliphatic heterocycles. The maximum absolute atomic E-state index is 12.2. The average Bonchev–Trinajstić information content (AvgIpc) is 2.67. The van der Waals surface area contributed by atoms with Crippen LogP contribution in [0.5, 0.6) is 0 Å². The van der Waals surface area contributed by atoms with Gasteiger partial charge in [-0.15, -0.1) is 0 Å². The lowest BCUT2D eigenvalue weighted by Gasteiger charge is -2.36. The van der Waals surface area contributed by atoms with Crippen LogP contribution in [0.15, 0.2) is 48.5 Å². The van der Waals surface area contributed by atoms with Crippen molar-refractivity contribution in [2.24, 2.45) is 0 Å². The Morgan fingerprint density at radius 2 is 1.74 bits per heavy atom. The van der Waals surface area contributed by atoms with Gasteiger partial charge in [0.1, 0.15) is 0 Å². The zero-order chi connectivity index (χ0) is 19.2. The summed E-state index contributed by atoms with van der Waals surface area (Å²) in [7, 11) is 0. The van der Waals surface area contributed by atoms with Gasteiger partial charge in [-0.05, 0) is 49.4 Å². The van der Waals surface area contributed by atoms with E-state index in [1.54, 1.807) is 24.3 Å². The Hall–Kier alpha value is -2.37. The highest BCUT2D eigenvalue weighted by molar-refractivity contribution is 6.30. The fourth-order valence-corrected chi connectivity index (χ4v) is 3.36. The first-order valence-electron chi connectivity index (χ1n) is 9.15. The molecule has 0 unspecified atom stereocenters. The maximum atomic E-state index is 12.2. The van der Waals surface area contributed by atoms with Crippen molar-refractivity contribution in [2.75, 3.05) is 42.9 Å². The summed E-state index contributed by atoms with van der Waals surface area (Å²) in [6.07, 6.45) is 0.450. The summed E-state index contributed by atoms with van der Waals surface area (Å²) in [4.78, 5) is 28.1. The van der Waals surface area contributed by atoms with Crippen LogP contribution in [-0.2, 0) is 4.79 Å². The van der Waals surface area contributed by atoms with Crippen molar-refractivity contribution in [1.29, 1.82) is 0 Å². The highest BCUT2D eigenvalue weighted by Crippen LogP contribution is 2.20. The third kappa shape index (κ3) is 5.55. The monoisotopic (exact) mass is 385 g/mol. The molecule has 1 fully saturated rings. The number of hydrogen-bond acceptors (Lipinski definition) is 4. The fourth-order valence-electron chi connectivity index (χ4n) is 3.17. The fraction of sp³-hybridized carbons (Fsp3) is 0.333. The molecule has 27 heavy (non-hydrogen) atoms. The summed E-state index contributed by atoms with van der Waals surface area (Å²) in [6, 6.07) is 14.9. The minimum Gasteiger partial charge on any atom is -0.369 e. The van der Waals surface area contributed by atoms with Crippen LogP contribution in [0.1, 0.15) is 23.7 Å². The third-order valence-electron chi connectivity index (χ3n) is 4.78. The van der Waals surface area contributed by atoms with Gasteiger partial charge in [-0.25, -0.2) is 0 Å². The Bertz CT molecular complexity index is 799. The first-order valence-corrected chi connectivity index (χ1v) is 9.53. The van der Waals surface area contributed by atoms with Crippen LogP contribution in [-0.4, -0.2) is 49.3 Å².